The number of rotatable bonds is 5. The van der Waals surface area contributed by atoms with Gasteiger partial charge in [0.05, 0.1) is 12.3 Å². The number of carbonyl (C=O) groups is 1. The predicted octanol–water partition coefficient (Wildman–Crippen LogP) is 3.36. The fraction of sp³-hybridized carbons (Fsp3) is 0.400. The van der Waals surface area contributed by atoms with Crippen molar-refractivity contribution in [3.63, 3.8) is 0 Å². The number of benzene rings is 2. The molecule has 2 aromatic rings. The summed E-state index contributed by atoms with van der Waals surface area (Å²) in [6.07, 6.45) is 0.309. The van der Waals surface area contributed by atoms with Gasteiger partial charge in [0, 0.05) is 18.0 Å². The van der Waals surface area contributed by atoms with E-state index in [1.54, 1.807) is 6.92 Å². The van der Waals surface area contributed by atoms with Crippen LogP contribution >= 0.6 is 0 Å². The third-order valence-corrected chi connectivity index (χ3v) is 4.67. The summed E-state index contributed by atoms with van der Waals surface area (Å²) in [5.74, 6) is -0.225. The van der Waals surface area contributed by atoms with E-state index in [2.05, 4.69) is 5.16 Å². The van der Waals surface area contributed by atoms with Crippen molar-refractivity contribution in [2.24, 2.45) is 16.8 Å². The van der Waals surface area contributed by atoms with Crippen LogP contribution in [0.5, 0.6) is 0 Å². The normalized spacial score (nSPS) is 21.1. The van der Waals surface area contributed by atoms with E-state index in [-0.39, 0.29) is 18.6 Å². The van der Waals surface area contributed by atoms with Crippen molar-refractivity contribution < 1.29 is 14.4 Å². The number of nitrogens with two attached hydrogens (primary N) is 1. The first kappa shape index (κ1) is 17.4. The van der Waals surface area contributed by atoms with E-state index >= 15 is 0 Å². The van der Waals surface area contributed by atoms with Gasteiger partial charge in [0.25, 0.3) is 5.60 Å². The molecule has 2 N–H and O–H groups in total. The minimum atomic E-state index is -1.26. The van der Waals surface area contributed by atoms with Gasteiger partial charge in [-0.3, -0.25) is 0 Å². The fourth-order valence-corrected chi connectivity index (χ4v) is 3.09. The van der Waals surface area contributed by atoms with Crippen molar-refractivity contribution in [1.82, 2.24) is 0 Å². The molecule has 0 saturated carbocycles. The summed E-state index contributed by atoms with van der Waals surface area (Å²) >= 11 is 0. The van der Waals surface area contributed by atoms with Gasteiger partial charge >= 0.3 is 5.97 Å². The van der Waals surface area contributed by atoms with Crippen LogP contribution in [0.1, 0.15) is 32.8 Å². The van der Waals surface area contributed by atoms with Crippen LogP contribution in [0, 0.1) is 5.92 Å². The topological polar surface area (TPSA) is 73.9 Å². The molecule has 1 unspecified atom stereocenters. The van der Waals surface area contributed by atoms with Gasteiger partial charge in [-0.15, -0.1) is 0 Å². The summed E-state index contributed by atoms with van der Waals surface area (Å²) in [7, 11) is 0. The Morgan fingerprint density at radius 3 is 2.68 bits per heavy atom. The van der Waals surface area contributed by atoms with E-state index in [1.165, 1.54) is 0 Å². The summed E-state index contributed by atoms with van der Waals surface area (Å²) in [4.78, 5) is 18.5. The Bertz CT molecular complexity index is 815. The summed E-state index contributed by atoms with van der Waals surface area (Å²) < 4.78 is 5.31. The molecule has 132 valence electrons. The van der Waals surface area contributed by atoms with Crippen molar-refractivity contribution in [1.29, 1.82) is 0 Å². The molecule has 0 spiro atoms. The smallest absolute Gasteiger partial charge is 0.358 e. The molecule has 1 aliphatic heterocycles. The molecule has 0 amide bonds. The van der Waals surface area contributed by atoms with Gasteiger partial charge in [-0.2, -0.15) is 0 Å². The average molecular weight is 340 g/mol. The Morgan fingerprint density at radius 1 is 1.28 bits per heavy atom. The first-order chi connectivity index (χ1) is 12.0. The summed E-state index contributed by atoms with van der Waals surface area (Å²) in [5.41, 5.74) is 6.39. The van der Waals surface area contributed by atoms with Gasteiger partial charge in [-0.05, 0) is 29.7 Å². The van der Waals surface area contributed by atoms with E-state index in [1.807, 2.05) is 56.3 Å². The number of carbonyl (C=O) groups excluding carboxylic acids is 1. The summed E-state index contributed by atoms with van der Waals surface area (Å²) in [6.45, 7) is 6.10. The molecule has 2 aromatic carbocycles. The van der Waals surface area contributed by atoms with E-state index in [4.69, 9.17) is 15.3 Å². The molecule has 5 heteroatoms. The maximum Gasteiger partial charge on any atom is 0.358 e. The van der Waals surface area contributed by atoms with E-state index < -0.39 is 11.6 Å². The number of ether oxygens (including phenoxy) is 1. The molecule has 0 aliphatic carbocycles. The third-order valence-electron chi connectivity index (χ3n) is 4.67. The monoisotopic (exact) mass is 340 g/mol. The van der Waals surface area contributed by atoms with Crippen LogP contribution in [0.25, 0.3) is 10.8 Å². The number of esters is 1. The first-order valence-corrected chi connectivity index (χ1v) is 8.65. The number of fused-ring (bicyclic) bond motifs is 1. The second-order valence-electron chi connectivity index (χ2n) is 6.73. The Kier molecular flexibility index (Phi) is 4.77. The Morgan fingerprint density at radius 2 is 2.00 bits per heavy atom. The van der Waals surface area contributed by atoms with Crippen LogP contribution in [-0.4, -0.2) is 24.3 Å². The van der Waals surface area contributed by atoms with Crippen LogP contribution in [0.2, 0.25) is 0 Å². The molecule has 2 atom stereocenters. The zero-order valence-corrected chi connectivity index (χ0v) is 14.9. The zero-order valence-electron chi connectivity index (χ0n) is 14.9. The lowest BCUT2D eigenvalue weighted by Gasteiger charge is -2.25. The average Bonchev–Trinajstić information content (AvgIpc) is 3.07. The first-order valence-electron chi connectivity index (χ1n) is 8.65. The SMILES string of the molecule is CCOC(=O)C1(c2ccc3ccccc3c2)CC([C@@H](N)C(C)C)=NO1. The highest BCUT2D eigenvalue weighted by Crippen LogP contribution is 2.38. The van der Waals surface area contributed by atoms with E-state index in [0.29, 0.717) is 12.1 Å². The molecule has 3 rings (SSSR count). The third kappa shape index (κ3) is 3.12. The maximum atomic E-state index is 12.8. The van der Waals surface area contributed by atoms with Crippen molar-refractivity contribution in [3.8, 4) is 0 Å². The molecule has 1 aliphatic rings. The summed E-state index contributed by atoms with van der Waals surface area (Å²) in [6, 6.07) is 13.6. The standard InChI is InChI=1S/C20H24N2O3/c1-4-24-19(23)20(12-17(22-25-20)18(21)13(2)3)16-10-9-14-7-5-6-8-15(14)11-16/h5-11,13,18H,4,12,21H2,1-3H3/t18-,20?/m0/s1. The van der Waals surface area contributed by atoms with Crippen LogP contribution in [0.15, 0.2) is 47.6 Å². The van der Waals surface area contributed by atoms with E-state index in [9.17, 15) is 4.79 Å². The highest BCUT2D eigenvalue weighted by atomic mass is 16.7. The molecule has 0 fully saturated rings. The lowest BCUT2D eigenvalue weighted by atomic mass is 9.84. The number of nitrogens with zero attached hydrogens (tertiary/aromatic N) is 1. The molecule has 0 aromatic heterocycles. The molecular weight excluding hydrogens is 316 g/mol. The molecule has 0 bridgehead atoms. The minimum Gasteiger partial charge on any atom is -0.463 e. The highest BCUT2D eigenvalue weighted by molar-refractivity contribution is 5.98. The number of hydrogen-bond donors (Lipinski definition) is 1. The van der Waals surface area contributed by atoms with E-state index in [0.717, 1.165) is 16.3 Å². The quantitative estimate of drug-likeness (QED) is 0.847. The molecule has 25 heavy (non-hydrogen) atoms. The van der Waals surface area contributed by atoms with Gasteiger partial charge in [-0.25, -0.2) is 4.79 Å². The van der Waals surface area contributed by atoms with Gasteiger partial charge in [0.2, 0.25) is 0 Å². The van der Waals surface area contributed by atoms with Crippen molar-refractivity contribution in [2.75, 3.05) is 6.61 Å². The van der Waals surface area contributed by atoms with Gasteiger partial charge in [0.15, 0.2) is 0 Å². The Hall–Kier alpha value is -2.40. The Balaban J connectivity index is 2.02. The fourth-order valence-electron chi connectivity index (χ4n) is 3.09. The predicted molar refractivity (Wildman–Crippen MR) is 98.2 cm³/mol. The van der Waals surface area contributed by atoms with Crippen LogP contribution in [0.4, 0.5) is 0 Å². The van der Waals surface area contributed by atoms with Gasteiger partial charge in [-0.1, -0.05) is 55.4 Å². The molecule has 5 nitrogen and oxygen atoms in total. The number of hydrogen-bond acceptors (Lipinski definition) is 5. The lowest BCUT2D eigenvalue weighted by molar-refractivity contribution is -0.170. The zero-order chi connectivity index (χ0) is 18.0. The lowest BCUT2D eigenvalue weighted by Crippen LogP contribution is -2.41. The maximum absolute atomic E-state index is 12.8. The molecule has 0 radical (unpaired) electrons. The molecule has 0 saturated heterocycles. The molecular formula is C20H24N2O3. The van der Waals surface area contributed by atoms with Crippen molar-refractivity contribution >= 4 is 22.5 Å². The largest absolute Gasteiger partial charge is 0.463 e. The number of oxime groups is 1. The second-order valence-corrected chi connectivity index (χ2v) is 6.73. The highest BCUT2D eigenvalue weighted by Gasteiger charge is 2.50. The minimum absolute atomic E-state index is 0.206. The van der Waals surface area contributed by atoms with Crippen LogP contribution in [-0.2, 0) is 20.0 Å². The van der Waals surface area contributed by atoms with Crippen molar-refractivity contribution in [3.05, 3.63) is 48.0 Å². The summed E-state index contributed by atoms with van der Waals surface area (Å²) in [5, 5.41) is 6.30. The van der Waals surface area contributed by atoms with Gasteiger partial charge < -0.3 is 15.3 Å². The second kappa shape index (κ2) is 6.84. The van der Waals surface area contributed by atoms with Crippen LogP contribution < -0.4 is 5.73 Å². The Labute approximate surface area is 147 Å². The van der Waals surface area contributed by atoms with Crippen LogP contribution in [0.3, 0.4) is 0 Å². The van der Waals surface area contributed by atoms with Gasteiger partial charge in [0.1, 0.15) is 0 Å². The molecule has 1 heterocycles. The van der Waals surface area contributed by atoms with Crippen molar-refractivity contribution in [2.45, 2.75) is 38.8 Å².